The average molecular weight is 500 g/mol. The first-order valence-corrected chi connectivity index (χ1v) is 12.6. The summed E-state index contributed by atoms with van der Waals surface area (Å²) in [6.07, 6.45) is -1.00. The van der Waals surface area contributed by atoms with Gasteiger partial charge in [0.25, 0.3) is 0 Å². The number of fused-ring (bicyclic) bond motifs is 1. The predicted molar refractivity (Wildman–Crippen MR) is 130 cm³/mol. The molecule has 8 nitrogen and oxygen atoms in total. The molecule has 1 aliphatic heterocycles. The van der Waals surface area contributed by atoms with Crippen molar-refractivity contribution >= 4 is 33.3 Å². The van der Waals surface area contributed by atoms with E-state index in [1.807, 2.05) is 0 Å². The number of hydrogen-bond donors (Lipinski definition) is 1. The highest BCUT2D eigenvalue weighted by molar-refractivity contribution is 7.95. The number of Topliss-reactive ketones (excluding diaryl/α,β-unsaturated/α-hetero) is 1. The largest absolute Gasteiger partial charge is 0.458 e. The fourth-order valence-corrected chi connectivity index (χ4v) is 5.29. The summed E-state index contributed by atoms with van der Waals surface area (Å²) < 4.78 is 37.5. The fraction of sp³-hybridized carbons (Fsp3) is 0.346. The number of hydrogen-bond acceptors (Lipinski definition) is 7. The molecule has 0 aliphatic carbocycles. The Morgan fingerprint density at radius 1 is 0.971 bits per heavy atom. The van der Waals surface area contributed by atoms with Crippen LogP contribution in [0.5, 0.6) is 0 Å². The minimum Gasteiger partial charge on any atom is -0.458 e. The monoisotopic (exact) mass is 499 g/mol. The number of carbonyl (C=O) groups excluding carboxylic acids is 3. The summed E-state index contributed by atoms with van der Waals surface area (Å²) in [5.41, 5.74) is -0.354. The van der Waals surface area contributed by atoms with Crippen LogP contribution in [0.4, 0.5) is 4.79 Å². The van der Waals surface area contributed by atoms with Crippen LogP contribution in [0.3, 0.4) is 0 Å². The van der Waals surface area contributed by atoms with Crippen molar-refractivity contribution in [3.8, 4) is 0 Å². The quantitative estimate of drug-likeness (QED) is 0.593. The zero-order valence-corrected chi connectivity index (χ0v) is 21.1. The van der Waals surface area contributed by atoms with Gasteiger partial charge in [0, 0.05) is 11.1 Å². The first kappa shape index (κ1) is 26.2. The molecule has 1 unspecified atom stereocenters. The fourth-order valence-electron chi connectivity index (χ4n) is 3.63. The zero-order chi connectivity index (χ0) is 26.0. The van der Waals surface area contributed by atoms with Crippen LogP contribution in [-0.4, -0.2) is 44.5 Å². The van der Waals surface area contributed by atoms with Crippen molar-refractivity contribution in [2.45, 2.75) is 51.2 Å². The maximum atomic E-state index is 13.4. The van der Waals surface area contributed by atoms with E-state index in [2.05, 4.69) is 5.32 Å². The lowest BCUT2D eigenvalue weighted by Crippen LogP contribution is -2.47. The Morgan fingerprint density at radius 2 is 1.57 bits per heavy atom. The molecule has 0 radical (unpaired) electrons. The highest BCUT2D eigenvalue weighted by Gasteiger charge is 2.38. The summed E-state index contributed by atoms with van der Waals surface area (Å²) in [4.78, 5) is 38.0. The predicted octanol–water partition coefficient (Wildman–Crippen LogP) is 4.16. The Hall–Kier alpha value is -3.46. The van der Waals surface area contributed by atoms with E-state index in [1.54, 1.807) is 71.0 Å². The molecule has 2 aromatic rings. The van der Waals surface area contributed by atoms with Gasteiger partial charge in [-0.05, 0) is 44.4 Å². The van der Waals surface area contributed by atoms with Crippen molar-refractivity contribution < 1.29 is 32.3 Å². The zero-order valence-electron chi connectivity index (χ0n) is 20.3. The van der Waals surface area contributed by atoms with Gasteiger partial charge in [0.05, 0.1) is 9.80 Å². The highest BCUT2D eigenvalue weighted by Crippen LogP contribution is 2.37. The van der Waals surface area contributed by atoms with Gasteiger partial charge in [0.15, 0.2) is 5.78 Å². The molecule has 1 N–H and O–H groups in total. The van der Waals surface area contributed by atoms with E-state index in [4.69, 9.17) is 9.47 Å². The number of ketones is 1. The van der Waals surface area contributed by atoms with E-state index in [0.29, 0.717) is 5.56 Å². The number of sulfone groups is 1. The van der Waals surface area contributed by atoms with Crippen LogP contribution < -0.4 is 5.32 Å². The summed E-state index contributed by atoms with van der Waals surface area (Å²) in [6, 6.07) is 13.3. The van der Waals surface area contributed by atoms with E-state index >= 15 is 0 Å². The van der Waals surface area contributed by atoms with Crippen molar-refractivity contribution in [2.24, 2.45) is 5.92 Å². The molecule has 0 saturated carbocycles. The van der Waals surface area contributed by atoms with Gasteiger partial charge >= 0.3 is 12.1 Å². The summed E-state index contributed by atoms with van der Waals surface area (Å²) in [5.74, 6) is -1.43. The third kappa shape index (κ3) is 5.79. The molecule has 1 aliphatic rings. The Bertz CT molecular complexity index is 1270. The third-order valence-corrected chi connectivity index (χ3v) is 7.15. The van der Waals surface area contributed by atoms with Gasteiger partial charge in [-0.1, -0.05) is 56.3 Å². The van der Waals surface area contributed by atoms with Crippen LogP contribution in [-0.2, 0) is 24.1 Å². The van der Waals surface area contributed by atoms with Crippen LogP contribution in [0.15, 0.2) is 64.4 Å². The topological polar surface area (TPSA) is 116 Å². The molecule has 2 aromatic carbocycles. The third-order valence-electron chi connectivity index (χ3n) is 5.25. The number of ether oxygens (including phenoxy) is 2. The second kappa shape index (κ2) is 10.0. The van der Waals surface area contributed by atoms with E-state index in [0.717, 1.165) is 0 Å². The second-order valence-corrected chi connectivity index (χ2v) is 11.4. The smallest absolute Gasteiger partial charge is 0.408 e. The lowest BCUT2D eigenvalue weighted by atomic mass is 9.96. The Labute approximate surface area is 205 Å². The molecular formula is C26H29NO7S. The van der Waals surface area contributed by atoms with Gasteiger partial charge < -0.3 is 14.8 Å². The minimum absolute atomic E-state index is 0.0512. The van der Waals surface area contributed by atoms with Crippen LogP contribution in [0.25, 0.3) is 5.57 Å². The Morgan fingerprint density at radius 3 is 2.17 bits per heavy atom. The van der Waals surface area contributed by atoms with Crippen molar-refractivity contribution in [3.63, 3.8) is 0 Å². The molecule has 0 bridgehead atoms. The molecule has 1 amide bonds. The van der Waals surface area contributed by atoms with Crippen LogP contribution in [0.2, 0.25) is 0 Å². The van der Waals surface area contributed by atoms with Gasteiger partial charge in [-0.3, -0.25) is 4.79 Å². The van der Waals surface area contributed by atoms with E-state index in [1.165, 1.54) is 18.2 Å². The number of esters is 1. The lowest BCUT2D eigenvalue weighted by molar-refractivity contribution is -0.158. The highest BCUT2D eigenvalue weighted by atomic mass is 32.2. The maximum absolute atomic E-state index is 13.4. The first-order chi connectivity index (χ1) is 16.3. The number of amides is 1. The molecule has 0 aromatic heterocycles. The Balaban J connectivity index is 1.92. The first-order valence-electron chi connectivity index (χ1n) is 11.2. The van der Waals surface area contributed by atoms with Gasteiger partial charge in [-0.25, -0.2) is 18.0 Å². The number of nitrogens with one attached hydrogen (secondary N) is 1. The molecular weight excluding hydrogens is 470 g/mol. The van der Waals surface area contributed by atoms with E-state index in [9.17, 15) is 22.8 Å². The molecule has 9 heteroatoms. The van der Waals surface area contributed by atoms with Crippen molar-refractivity contribution in [1.29, 1.82) is 0 Å². The van der Waals surface area contributed by atoms with Crippen LogP contribution >= 0.6 is 0 Å². The number of benzene rings is 2. The lowest BCUT2D eigenvalue weighted by Gasteiger charge is -2.26. The number of allylic oxidation sites excluding steroid dienone is 1. The van der Waals surface area contributed by atoms with Crippen molar-refractivity contribution in [3.05, 3.63) is 70.6 Å². The number of alkyl carbamates (subject to hydrolysis) is 1. The van der Waals surface area contributed by atoms with Gasteiger partial charge in [0.1, 0.15) is 18.2 Å². The molecule has 186 valence electrons. The molecule has 3 rings (SSSR count). The standard InChI is InChI=1S/C26H29NO7S/c1-16(2)22(24(29)34-26(3,4)5)27-25(30)33-15-20-21(17-11-7-6-8-12-17)23(28)18-13-9-10-14-19(18)35(20,31)32/h6-14,16,22H,15H2,1-5H3,(H,27,30). The molecule has 35 heavy (non-hydrogen) atoms. The van der Waals surface area contributed by atoms with Crippen LogP contribution in [0, 0.1) is 5.92 Å². The van der Waals surface area contributed by atoms with Gasteiger partial charge in [-0.2, -0.15) is 0 Å². The average Bonchev–Trinajstić information content (AvgIpc) is 2.78. The van der Waals surface area contributed by atoms with E-state index < -0.39 is 45.9 Å². The van der Waals surface area contributed by atoms with Gasteiger partial charge in [0.2, 0.25) is 9.84 Å². The molecule has 1 heterocycles. The summed E-state index contributed by atoms with van der Waals surface area (Å²) in [5, 5.41) is 2.45. The number of carbonyl (C=O) groups is 3. The molecule has 0 fully saturated rings. The molecule has 0 saturated heterocycles. The summed E-state index contributed by atoms with van der Waals surface area (Å²) in [6.45, 7) is 7.90. The maximum Gasteiger partial charge on any atom is 0.408 e. The summed E-state index contributed by atoms with van der Waals surface area (Å²) >= 11 is 0. The normalized spacial score (nSPS) is 15.9. The van der Waals surface area contributed by atoms with Gasteiger partial charge in [-0.15, -0.1) is 0 Å². The van der Waals surface area contributed by atoms with E-state index in [-0.39, 0.29) is 26.9 Å². The van der Waals surface area contributed by atoms with Crippen molar-refractivity contribution in [2.75, 3.05) is 6.61 Å². The van der Waals surface area contributed by atoms with Crippen molar-refractivity contribution in [1.82, 2.24) is 5.32 Å². The second-order valence-electron chi connectivity index (χ2n) is 9.47. The summed E-state index contributed by atoms with van der Waals surface area (Å²) in [7, 11) is -4.13. The number of rotatable bonds is 6. The van der Waals surface area contributed by atoms with Crippen LogP contribution in [0.1, 0.15) is 50.5 Å². The SMILES string of the molecule is CC(C)C(NC(=O)OCC1=C(c2ccccc2)C(=O)c2ccccc2S1(=O)=O)C(=O)OC(C)(C)C. The minimum atomic E-state index is -4.13. The Kier molecular flexibility index (Phi) is 7.50. The molecule has 0 spiro atoms. The molecule has 1 atom stereocenters.